The molecule has 4 rings (SSSR count). The summed E-state index contributed by atoms with van der Waals surface area (Å²) in [6.07, 6.45) is 3.28. The van der Waals surface area contributed by atoms with Crippen LogP contribution in [0.15, 0.2) is 58.1 Å². The molecule has 3 aromatic rings. The van der Waals surface area contributed by atoms with E-state index in [9.17, 15) is 13.2 Å². The van der Waals surface area contributed by atoms with Crippen molar-refractivity contribution in [1.82, 2.24) is 4.90 Å². The second-order valence-electron chi connectivity index (χ2n) is 8.62. The zero-order valence-electron chi connectivity index (χ0n) is 19.2. The molecule has 2 heterocycles. The van der Waals surface area contributed by atoms with Crippen molar-refractivity contribution in [3.63, 3.8) is 0 Å². The monoisotopic (exact) mass is 496 g/mol. The van der Waals surface area contributed by atoms with E-state index < -0.39 is 9.84 Å². The van der Waals surface area contributed by atoms with Crippen LogP contribution in [0.25, 0.3) is 0 Å². The molecule has 1 amide bonds. The highest BCUT2D eigenvalue weighted by Crippen LogP contribution is 2.31. The Balaban J connectivity index is 1.62. The summed E-state index contributed by atoms with van der Waals surface area (Å²) in [6.45, 7) is 3.78. The molecule has 1 aliphatic heterocycles. The van der Waals surface area contributed by atoms with Crippen molar-refractivity contribution in [2.45, 2.75) is 30.7 Å². The molecule has 7 nitrogen and oxygen atoms in total. The van der Waals surface area contributed by atoms with Gasteiger partial charge in [0.1, 0.15) is 6.04 Å². The van der Waals surface area contributed by atoms with Crippen LogP contribution in [0.5, 0.6) is 0 Å². The van der Waals surface area contributed by atoms with Gasteiger partial charge in [0.2, 0.25) is 5.91 Å². The van der Waals surface area contributed by atoms with Crippen LogP contribution in [0, 0.1) is 12.3 Å². The van der Waals surface area contributed by atoms with Crippen LogP contribution in [0.3, 0.4) is 0 Å². The molecule has 1 unspecified atom stereocenters. The van der Waals surface area contributed by atoms with Gasteiger partial charge in [0.05, 0.1) is 10.6 Å². The van der Waals surface area contributed by atoms with E-state index in [0.717, 1.165) is 43.3 Å². The Morgan fingerprint density at radius 3 is 2.53 bits per heavy atom. The van der Waals surface area contributed by atoms with E-state index in [4.69, 9.17) is 11.1 Å². The number of hydrogen-bond acceptors (Lipinski definition) is 7. The normalized spacial score (nSPS) is 15.2. The van der Waals surface area contributed by atoms with E-state index >= 15 is 0 Å². The number of carbonyl (C=O) groups excluding carboxylic acids is 1. The van der Waals surface area contributed by atoms with Crippen molar-refractivity contribution in [3.8, 4) is 0 Å². The molecular weight excluding hydrogens is 468 g/mol. The molecule has 34 heavy (non-hydrogen) atoms. The summed E-state index contributed by atoms with van der Waals surface area (Å²) < 4.78 is 23.9. The summed E-state index contributed by atoms with van der Waals surface area (Å²) in [5, 5.41) is 15.8. The van der Waals surface area contributed by atoms with Crippen molar-refractivity contribution >= 4 is 44.2 Å². The highest BCUT2D eigenvalue weighted by Gasteiger charge is 2.31. The molecule has 0 radical (unpaired) electrons. The van der Waals surface area contributed by atoms with E-state index in [1.54, 1.807) is 41.7 Å². The zero-order valence-corrected chi connectivity index (χ0v) is 20.8. The number of nitrogens with zero attached hydrogens (tertiary/aromatic N) is 1. The van der Waals surface area contributed by atoms with Gasteiger partial charge < -0.3 is 11.1 Å². The maximum atomic E-state index is 13.4. The van der Waals surface area contributed by atoms with Crippen LogP contribution in [-0.2, 0) is 14.6 Å². The van der Waals surface area contributed by atoms with Crippen molar-refractivity contribution in [2.75, 3.05) is 30.4 Å². The summed E-state index contributed by atoms with van der Waals surface area (Å²) in [5.74, 6) is -0.121. The summed E-state index contributed by atoms with van der Waals surface area (Å²) in [5.41, 5.74) is 10.1. The minimum Gasteiger partial charge on any atom is -0.398 e. The first-order valence-electron chi connectivity index (χ1n) is 11.0. The molecule has 0 spiro atoms. The third kappa shape index (κ3) is 5.06. The Morgan fingerprint density at radius 1 is 1.15 bits per heavy atom. The molecule has 4 N–H and O–H groups in total. The summed E-state index contributed by atoms with van der Waals surface area (Å²) in [7, 11) is -3.41. The lowest BCUT2D eigenvalue weighted by Gasteiger charge is -2.27. The SMILES string of the molecule is Cc1cscc1C(C(=O)Nc1ccc(N)c(C(=N)c2cccc(S(C)(=O)=O)c2)c1)N1CCCC1. The van der Waals surface area contributed by atoms with Crippen molar-refractivity contribution in [3.05, 3.63) is 75.5 Å². The van der Waals surface area contributed by atoms with Crippen molar-refractivity contribution in [2.24, 2.45) is 0 Å². The highest BCUT2D eigenvalue weighted by atomic mass is 32.2. The molecule has 1 aliphatic rings. The third-order valence-corrected chi connectivity index (χ3v) is 8.07. The van der Waals surface area contributed by atoms with Gasteiger partial charge in [0.15, 0.2) is 9.84 Å². The third-order valence-electron chi connectivity index (χ3n) is 6.08. The number of benzene rings is 2. The van der Waals surface area contributed by atoms with Crippen LogP contribution in [0.2, 0.25) is 0 Å². The van der Waals surface area contributed by atoms with E-state index in [1.165, 1.54) is 12.1 Å². The molecule has 1 fully saturated rings. The zero-order chi connectivity index (χ0) is 24.5. The minimum atomic E-state index is -3.41. The molecule has 178 valence electrons. The van der Waals surface area contributed by atoms with E-state index in [1.807, 2.05) is 12.3 Å². The first-order chi connectivity index (χ1) is 16.1. The van der Waals surface area contributed by atoms with Crippen LogP contribution in [0.1, 0.15) is 41.1 Å². The second kappa shape index (κ2) is 9.69. The summed E-state index contributed by atoms with van der Waals surface area (Å²) >= 11 is 1.59. The van der Waals surface area contributed by atoms with Crippen LogP contribution < -0.4 is 11.1 Å². The number of hydrogen-bond donors (Lipinski definition) is 3. The molecule has 2 aromatic carbocycles. The molecule has 0 aliphatic carbocycles. The van der Waals surface area contributed by atoms with E-state index in [0.29, 0.717) is 22.5 Å². The van der Waals surface area contributed by atoms with Crippen molar-refractivity contribution < 1.29 is 13.2 Å². The standard InChI is InChI=1S/C25H28N4O3S2/c1-16-14-33-15-21(16)24(29-10-3-4-11-29)25(30)28-18-8-9-22(26)20(13-18)23(27)17-6-5-7-19(12-17)34(2,31)32/h5-9,12-15,24,27H,3-4,10-11,26H2,1-2H3,(H,28,30). The molecular formula is C25H28N4O3S2. The Hall–Kier alpha value is -3.01. The first-order valence-corrected chi connectivity index (χ1v) is 13.8. The van der Waals surface area contributed by atoms with Gasteiger partial charge in [-0.05, 0) is 85.1 Å². The molecule has 1 aromatic heterocycles. The quantitative estimate of drug-likeness (QED) is 0.334. The lowest BCUT2D eigenvalue weighted by atomic mass is 10.00. The van der Waals surface area contributed by atoms with Crippen LogP contribution >= 0.6 is 11.3 Å². The van der Waals surface area contributed by atoms with Gasteiger partial charge in [-0.15, -0.1) is 0 Å². The highest BCUT2D eigenvalue weighted by molar-refractivity contribution is 7.90. The van der Waals surface area contributed by atoms with Crippen LogP contribution in [0.4, 0.5) is 11.4 Å². The Morgan fingerprint density at radius 2 is 1.88 bits per heavy atom. The maximum Gasteiger partial charge on any atom is 0.246 e. The fourth-order valence-corrected chi connectivity index (χ4v) is 5.79. The fraction of sp³-hybridized carbons (Fsp3) is 0.280. The summed E-state index contributed by atoms with van der Waals surface area (Å²) in [6, 6.07) is 10.9. The number of aryl methyl sites for hydroxylation is 1. The van der Waals surface area contributed by atoms with E-state index in [-0.39, 0.29) is 22.6 Å². The predicted molar refractivity (Wildman–Crippen MR) is 138 cm³/mol. The number of nitrogens with one attached hydrogen (secondary N) is 2. The van der Waals surface area contributed by atoms with Gasteiger partial charge in [-0.1, -0.05) is 12.1 Å². The molecule has 1 atom stereocenters. The number of likely N-dealkylation sites (tertiary alicyclic amines) is 1. The Labute approximate surface area is 204 Å². The lowest BCUT2D eigenvalue weighted by Crippen LogP contribution is -2.35. The number of amides is 1. The van der Waals surface area contributed by atoms with Crippen molar-refractivity contribution in [1.29, 1.82) is 5.41 Å². The predicted octanol–water partition coefficient (Wildman–Crippen LogP) is 4.23. The van der Waals surface area contributed by atoms with Gasteiger partial charge in [-0.25, -0.2) is 8.42 Å². The Kier molecular flexibility index (Phi) is 6.88. The van der Waals surface area contributed by atoms with Gasteiger partial charge in [-0.2, -0.15) is 11.3 Å². The number of nitrogen functional groups attached to an aromatic ring is 1. The molecule has 9 heteroatoms. The first kappa shape index (κ1) is 24.1. The van der Waals surface area contributed by atoms with Gasteiger partial charge in [0.25, 0.3) is 0 Å². The minimum absolute atomic E-state index is 0.0869. The molecule has 0 saturated carbocycles. The van der Waals surface area contributed by atoms with Crippen LogP contribution in [-0.4, -0.2) is 44.3 Å². The molecule has 1 saturated heterocycles. The average molecular weight is 497 g/mol. The average Bonchev–Trinajstić information content (AvgIpc) is 3.47. The lowest BCUT2D eigenvalue weighted by molar-refractivity contribution is -0.121. The number of sulfone groups is 1. The number of carbonyl (C=O) groups is 1. The number of anilines is 2. The van der Waals surface area contributed by atoms with Gasteiger partial charge in [0, 0.05) is 28.8 Å². The Bertz CT molecular complexity index is 1340. The topological polar surface area (TPSA) is 116 Å². The fourth-order valence-electron chi connectivity index (χ4n) is 4.25. The largest absolute Gasteiger partial charge is 0.398 e. The number of thiophene rings is 1. The van der Waals surface area contributed by atoms with Gasteiger partial charge in [-0.3, -0.25) is 15.1 Å². The van der Waals surface area contributed by atoms with Gasteiger partial charge >= 0.3 is 0 Å². The number of rotatable bonds is 7. The smallest absolute Gasteiger partial charge is 0.246 e. The molecule has 0 bridgehead atoms. The number of nitrogens with two attached hydrogens (primary N) is 1. The second-order valence-corrected chi connectivity index (χ2v) is 11.4. The maximum absolute atomic E-state index is 13.4. The van der Waals surface area contributed by atoms with E-state index in [2.05, 4.69) is 15.6 Å². The summed E-state index contributed by atoms with van der Waals surface area (Å²) in [4.78, 5) is 15.8.